The van der Waals surface area contributed by atoms with E-state index in [9.17, 15) is 0 Å². The second-order valence-electron chi connectivity index (χ2n) is 5.28. The van der Waals surface area contributed by atoms with E-state index in [0.717, 1.165) is 28.2 Å². The summed E-state index contributed by atoms with van der Waals surface area (Å²) in [5, 5.41) is 0. The van der Waals surface area contributed by atoms with Crippen LogP contribution in [0.1, 0.15) is 0 Å². The van der Waals surface area contributed by atoms with Gasteiger partial charge in [0, 0.05) is 41.6 Å². The van der Waals surface area contributed by atoms with E-state index in [1.807, 2.05) is 42.9 Å². The van der Waals surface area contributed by atoms with Crippen LogP contribution in [0.15, 0.2) is 91.5 Å². The third-order valence-corrected chi connectivity index (χ3v) is 3.79. The topological polar surface area (TPSA) is 30.7 Å². The first kappa shape index (κ1) is 13.5. The van der Waals surface area contributed by atoms with Crippen LogP contribution in [0, 0.1) is 0 Å². The molecule has 0 atom stereocenters. The predicted molar refractivity (Wildman–Crippen MR) is 92.2 cm³/mol. The number of rotatable bonds is 3. The predicted octanol–water partition coefficient (Wildman–Crippen LogP) is 4.60. The highest BCUT2D eigenvalue weighted by atomic mass is 15.1. The van der Waals surface area contributed by atoms with Gasteiger partial charge in [0.1, 0.15) is 5.82 Å². The number of pyridine rings is 1. The summed E-state index contributed by atoms with van der Waals surface area (Å²) < 4.78 is 2.10. The van der Waals surface area contributed by atoms with Gasteiger partial charge in [-0.2, -0.15) is 0 Å². The average molecular weight is 297 g/mol. The lowest BCUT2D eigenvalue weighted by atomic mass is 10.0. The molecular formula is C20H15N3. The molecule has 0 radical (unpaired) electrons. The summed E-state index contributed by atoms with van der Waals surface area (Å²) in [6.07, 6.45) is 7.48. The molecule has 0 spiro atoms. The van der Waals surface area contributed by atoms with Crippen molar-refractivity contribution in [2.24, 2.45) is 0 Å². The molecule has 110 valence electrons. The van der Waals surface area contributed by atoms with E-state index in [-0.39, 0.29) is 0 Å². The molecule has 0 saturated carbocycles. The zero-order chi connectivity index (χ0) is 15.5. The first-order valence-electron chi connectivity index (χ1n) is 7.51. The van der Waals surface area contributed by atoms with Crippen molar-refractivity contribution in [2.45, 2.75) is 0 Å². The molecule has 0 fully saturated rings. The van der Waals surface area contributed by atoms with E-state index in [4.69, 9.17) is 0 Å². The highest BCUT2D eigenvalue weighted by Gasteiger charge is 2.08. The molecule has 23 heavy (non-hydrogen) atoms. The Morgan fingerprint density at radius 3 is 2.35 bits per heavy atom. The fraction of sp³-hybridized carbons (Fsp3) is 0. The SMILES string of the molecule is c1ccc(-n2ccnc2-c2cccc(-c3cccnc3)c2)cc1. The van der Waals surface area contributed by atoms with Crippen LogP contribution < -0.4 is 0 Å². The second kappa shape index (κ2) is 5.89. The standard InChI is InChI=1S/C20H15N3/c1-2-9-19(10-3-1)23-13-12-22-20(23)17-7-4-6-16(14-17)18-8-5-11-21-15-18/h1-15H. The van der Waals surface area contributed by atoms with Crippen LogP contribution in [0.2, 0.25) is 0 Å². The summed E-state index contributed by atoms with van der Waals surface area (Å²) in [4.78, 5) is 8.74. The van der Waals surface area contributed by atoms with Gasteiger partial charge < -0.3 is 0 Å². The molecule has 0 aliphatic heterocycles. The van der Waals surface area contributed by atoms with Crippen molar-refractivity contribution in [3.8, 4) is 28.2 Å². The van der Waals surface area contributed by atoms with Gasteiger partial charge in [-0.05, 0) is 29.8 Å². The molecule has 0 unspecified atom stereocenters. The number of benzene rings is 2. The molecule has 2 aromatic heterocycles. The Kier molecular flexibility index (Phi) is 3.45. The molecule has 0 saturated heterocycles. The molecule has 0 amide bonds. The van der Waals surface area contributed by atoms with Crippen molar-refractivity contribution < 1.29 is 0 Å². The van der Waals surface area contributed by atoms with Crippen LogP contribution in [0.5, 0.6) is 0 Å². The Morgan fingerprint density at radius 2 is 1.52 bits per heavy atom. The van der Waals surface area contributed by atoms with Crippen molar-refractivity contribution in [3.05, 3.63) is 91.5 Å². The Hall–Kier alpha value is -3.20. The maximum atomic E-state index is 4.54. The lowest BCUT2D eigenvalue weighted by Gasteiger charge is -2.09. The second-order valence-corrected chi connectivity index (χ2v) is 5.28. The van der Waals surface area contributed by atoms with Gasteiger partial charge in [0.05, 0.1) is 0 Å². The van der Waals surface area contributed by atoms with Crippen LogP contribution >= 0.6 is 0 Å². The summed E-state index contributed by atoms with van der Waals surface area (Å²) >= 11 is 0. The lowest BCUT2D eigenvalue weighted by molar-refractivity contribution is 1.07. The molecule has 3 heteroatoms. The summed E-state index contributed by atoms with van der Waals surface area (Å²) in [5.74, 6) is 0.932. The van der Waals surface area contributed by atoms with E-state index in [1.165, 1.54) is 0 Å². The van der Waals surface area contributed by atoms with Gasteiger partial charge in [-0.3, -0.25) is 9.55 Å². The first-order chi connectivity index (χ1) is 11.4. The van der Waals surface area contributed by atoms with Crippen molar-refractivity contribution in [3.63, 3.8) is 0 Å². The summed E-state index contributed by atoms with van der Waals surface area (Å²) in [6, 6.07) is 22.6. The zero-order valence-electron chi connectivity index (χ0n) is 12.5. The molecule has 2 heterocycles. The average Bonchev–Trinajstić information content (AvgIpc) is 3.13. The van der Waals surface area contributed by atoms with Crippen molar-refractivity contribution in [2.75, 3.05) is 0 Å². The molecule has 2 aromatic carbocycles. The molecule has 0 bridgehead atoms. The van der Waals surface area contributed by atoms with Gasteiger partial charge in [-0.25, -0.2) is 4.98 Å². The minimum Gasteiger partial charge on any atom is -0.300 e. The van der Waals surface area contributed by atoms with Gasteiger partial charge >= 0.3 is 0 Å². The van der Waals surface area contributed by atoms with Crippen molar-refractivity contribution in [1.82, 2.24) is 14.5 Å². The van der Waals surface area contributed by atoms with Crippen LogP contribution in [0.4, 0.5) is 0 Å². The van der Waals surface area contributed by atoms with E-state index in [2.05, 4.69) is 57.0 Å². The first-order valence-corrected chi connectivity index (χ1v) is 7.51. The van der Waals surface area contributed by atoms with Gasteiger partial charge in [0.25, 0.3) is 0 Å². The quantitative estimate of drug-likeness (QED) is 0.553. The summed E-state index contributed by atoms with van der Waals surface area (Å²) in [6.45, 7) is 0. The summed E-state index contributed by atoms with van der Waals surface area (Å²) in [5.41, 5.74) is 4.43. The Labute approximate surface area is 134 Å². The van der Waals surface area contributed by atoms with E-state index in [1.54, 1.807) is 6.20 Å². The minimum atomic E-state index is 0.932. The monoisotopic (exact) mass is 297 g/mol. The van der Waals surface area contributed by atoms with Gasteiger partial charge in [0.15, 0.2) is 0 Å². The minimum absolute atomic E-state index is 0.932. The maximum absolute atomic E-state index is 4.54. The van der Waals surface area contributed by atoms with Gasteiger partial charge in [-0.1, -0.05) is 42.5 Å². The highest BCUT2D eigenvalue weighted by Crippen LogP contribution is 2.26. The van der Waals surface area contributed by atoms with Crippen molar-refractivity contribution >= 4 is 0 Å². The highest BCUT2D eigenvalue weighted by molar-refractivity contribution is 5.70. The third-order valence-electron chi connectivity index (χ3n) is 3.79. The molecule has 0 N–H and O–H groups in total. The molecule has 3 nitrogen and oxygen atoms in total. The lowest BCUT2D eigenvalue weighted by Crippen LogP contribution is -1.96. The smallest absolute Gasteiger partial charge is 0.144 e. The number of nitrogens with zero attached hydrogens (tertiary/aromatic N) is 3. The molecule has 4 aromatic rings. The van der Waals surface area contributed by atoms with Crippen LogP contribution in [-0.4, -0.2) is 14.5 Å². The van der Waals surface area contributed by atoms with Gasteiger partial charge in [-0.15, -0.1) is 0 Å². The molecule has 4 rings (SSSR count). The maximum Gasteiger partial charge on any atom is 0.144 e. The summed E-state index contributed by atoms with van der Waals surface area (Å²) in [7, 11) is 0. The van der Waals surface area contributed by atoms with E-state index >= 15 is 0 Å². The number of para-hydroxylation sites is 1. The number of hydrogen-bond acceptors (Lipinski definition) is 2. The molecule has 0 aliphatic carbocycles. The third kappa shape index (κ3) is 2.64. The zero-order valence-corrected chi connectivity index (χ0v) is 12.5. The van der Waals surface area contributed by atoms with Crippen molar-refractivity contribution in [1.29, 1.82) is 0 Å². The van der Waals surface area contributed by atoms with Crippen LogP contribution in [0.3, 0.4) is 0 Å². The van der Waals surface area contributed by atoms with E-state index < -0.39 is 0 Å². The number of aromatic nitrogens is 3. The Bertz CT molecular complexity index is 912. The van der Waals surface area contributed by atoms with Gasteiger partial charge in [0.2, 0.25) is 0 Å². The number of hydrogen-bond donors (Lipinski definition) is 0. The fourth-order valence-electron chi connectivity index (χ4n) is 2.69. The fourth-order valence-corrected chi connectivity index (χ4v) is 2.69. The van der Waals surface area contributed by atoms with E-state index in [0.29, 0.717) is 0 Å². The number of imidazole rings is 1. The molecule has 0 aliphatic rings. The van der Waals surface area contributed by atoms with Crippen LogP contribution in [-0.2, 0) is 0 Å². The molecular weight excluding hydrogens is 282 g/mol. The van der Waals surface area contributed by atoms with Crippen LogP contribution in [0.25, 0.3) is 28.2 Å². The Morgan fingerprint density at radius 1 is 0.696 bits per heavy atom. The largest absolute Gasteiger partial charge is 0.300 e. The normalized spacial score (nSPS) is 10.6. The Balaban J connectivity index is 1.80.